The minimum atomic E-state index is 0.787. The van der Waals surface area contributed by atoms with Crippen molar-refractivity contribution in [3.05, 3.63) is 34.9 Å². The highest BCUT2D eigenvalue weighted by atomic mass is 15.2. The van der Waals surface area contributed by atoms with Gasteiger partial charge >= 0.3 is 0 Å². The van der Waals surface area contributed by atoms with Crippen molar-refractivity contribution in [2.45, 2.75) is 52.4 Å². The Morgan fingerprint density at radius 1 is 1.14 bits per heavy atom. The Morgan fingerprint density at radius 2 is 1.86 bits per heavy atom. The highest BCUT2D eigenvalue weighted by Gasteiger charge is 2.17. The monoisotopic (exact) mass is 283 g/mol. The predicted molar refractivity (Wildman–Crippen MR) is 89.3 cm³/mol. The third-order valence-corrected chi connectivity index (χ3v) is 4.85. The summed E-state index contributed by atoms with van der Waals surface area (Å²) in [4.78, 5) is 4.78. The van der Waals surface area contributed by atoms with Crippen LogP contribution in [0.25, 0.3) is 10.9 Å². The maximum Gasteiger partial charge on any atom is 0.143 e. The van der Waals surface area contributed by atoms with Crippen LogP contribution >= 0.6 is 0 Å². The van der Waals surface area contributed by atoms with Crippen molar-refractivity contribution in [2.75, 3.05) is 5.43 Å². The lowest BCUT2D eigenvalue weighted by Gasteiger charge is -2.23. The summed E-state index contributed by atoms with van der Waals surface area (Å²) in [6.45, 7) is 4.26. The van der Waals surface area contributed by atoms with Gasteiger partial charge in [0, 0.05) is 5.39 Å². The van der Waals surface area contributed by atoms with E-state index in [2.05, 4.69) is 37.5 Å². The zero-order valence-electron chi connectivity index (χ0n) is 13.1. The lowest BCUT2D eigenvalue weighted by atomic mass is 9.84. The van der Waals surface area contributed by atoms with Gasteiger partial charge in [0.2, 0.25) is 0 Å². The van der Waals surface area contributed by atoms with E-state index >= 15 is 0 Å². The third kappa shape index (κ3) is 2.88. The zero-order chi connectivity index (χ0) is 14.8. The number of fused-ring (bicyclic) bond motifs is 1. The smallest absolute Gasteiger partial charge is 0.143 e. The Bertz CT molecular complexity index is 642. The van der Waals surface area contributed by atoms with Crippen LogP contribution in [-0.4, -0.2) is 4.98 Å². The second kappa shape index (κ2) is 6.02. The zero-order valence-corrected chi connectivity index (χ0v) is 13.1. The molecule has 21 heavy (non-hydrogen) atoms. The molecule has 1 saturated carbocycles. The van der Waals surface area contributed by atoms with Crippen LogP contribution in [0.5, 0.6) is 0 Å². The number of anilines is 1. The van der Waals surface area contributed by atoms with Crippen molar-refractivity contribution in [1.29, 1.82) is 0 Å². The second-order valence-corrected chi connectivity index (χ2v) is 6.44. The lowest BCUT2D eigenvalue weighted by molar-refractivity contribution is 0.357. The first-order valence-electron chi connectivity index (χ1n) is 8.05. The van der Waals surface area contributed by atoms with Crippen molar-refractivity contribution in [3.8, 4) is 0 Å². The molecule has 1 fully saturated rings. The van der Waals surface area contributed by atoms with Gasteiger partial charge in [-0.05, 0) is 48.9 Å². The van der Waals surface area contributed by atoms with Crippen molar-refractivity contribution < 1.29 is 0 Å². The van der Waals surface area contributed by atoms with Gasteiger partial charge in [0.15, 0.2) is 0 Å². The van der Waals surface area contributed by atoms with Gasteiger partial charge in [0.1, 0.15) is 5.82 Å². The van der Waals surface area contributed by atoms with Gasteiger partial charge in [-0.25, -0.2) is 10.8 Å². The van der Waals surface area contributed by atoms with E-state index in [-0.39, 0.29) is 0 Å². The minimum absolute atomic E-state index is 0.787. The van der Waals surface area contributed by atoms with E-state index in [9.17, 15) is 0 Å². The molecule has 2 aromatic rings. The van der Waals surface area contributed by atoms with Gasteiger partial charge < -0.3 is 5.43 Å². The molecular formula is C18H25N3. The lowest BCUT2D eigenvalue weighted by Crippen LogP contribution is -2.15. The molecule has 0 spiro atoms. The Balaban J connectivity index is 2.02. The fourth-order valence-electron chi connectivity index (χ4n) is 3.56. The fourth-order valence-corrected chi connectivity index (χ4v) is 3.56. The van der Waals surface area contributed by atoms with Crippen LogP contribution < -0.4 is 11.3 Å². The first-order valence-corrected chi connectivity index (χ1v) is 8.05. The molecule has 0 unspecified atom stereocenters. The molecule has 1 aliphatic rings. The predicted octanol–water partition coefficient (Wildman–Crippen LogP) is 4.26. The summed E-state index contributed by atoms with van der Waals surface area (Å²) < 4.78 is 0. The van der Waals surface area contributed by atoms with E-state index < -0.39 is 0 Å². The molecule has 0 saturated heterocycles. The summed E-state index contributed by atoms with van der Waals surface area (Å²) >= 11 is 0. The van der Waals surface area contributed by atoms with Crippen LogP contribution in [-0.2, 0) is 6.42 Å². The Labute approximate surface area is 126 Å². The number of nitrogens with two attached hydrogens (primary N) is 1. The highest BCUT2D eigenvalue weighted by molar-refractivity contribution is 5.87. The highest BCUT2D eigenvalue weighted by Crippen LogP contribution is 2.31. The van der Waals surface area contributed by atoms with Crippen molar-refractivity contribution in [2.24, 2.45) is 11.8 Å². The quantitative estimate of drug-likeness (QED) is 0.653. The molecule has 0 amide bonds. The molecule has 0 atom stereocenters. The van der Waals surface area contributed by atoms with Crippen LogP contribution in [0, 0.1) is 19.8 Å². The van der Waals surface area contributed by atoms with Crippen LogP contribution in [0.1, 0.15) is 48.8 Å². The molecular weight excluding hydrogens is 258 g/mol. The topological polar surface area (TPSA) is 50.9 Å². The fraction of sp³-hybridized carbons (Fsp3) is 0.500. The summed E-state index contributed by atoms with van der Waals surface area (Å²) in [5.74, 6) is 7.36. The molecule has 1 heterocycles. The van der Waals surface area contributed by atoms with Gasteiger partial charge in [-0.3, -0.25) is 0 Å². The van der Waals surface area contributed by atoms with E-state index in [1.54, 1.807) is 0 Å². The van der Waals surface area contributed by atoms with Crippen molar-refractivity contribution in [3.63, 3.8) is 0 Å². The van der Waals surface area contributed by atoms with Crippen LogP contribution in [0.15, 0.2) is 18.2 Å². The molecule has 1 aromatic carbocycles. The van der Waals surface area contributed by atoms with E-state index in [1.807, 2.05) is 0 Å². The molecule has 3 N–H and O–H groups in total. The molecule has 3 rings (SSSR count). The number of aromatic nitrogens is 1. The van der Waals surface area contributed by atoms with Crippen LogP contribution in [0.2, 0.25) is 0 Å². The van der Waals surface area contributed by atoms with E-state index in [1.165, 1.54) is 54.2 Å². The maximum atomic E-state index is 5.72. The summed E-state index contributed by atoms with van der Waals surface area (Å²) in [5.41, 5.74) is 7.64. The standard InChI is InChI=1S/C18H25N3/c1-12-8-9-13(2)17-16(12)11-15(18(20-17)21-19)10-14-6-4-3-5-7-14/h8-9,11,14H,3-7,10,19H2,1-2H3,(H,20,21). The number of hydrogen-bond donors (Lipinski definition) is 2. The van der Waals surface area contributed by atoms with Gasteiger partial charge in [-0.2, -0.15) is 0 Å². The van der Waals surface area contributed by atoms with E-state index in [0.29, 0.717) is 0 Å². The summed E-state index contributed by atoms with van der Waals surface area (Å²) in [5, 5.41) is 1.26. The maximum absolute atomic E-state index is 5.72. The summed E-state index contributed by atoms with van der Waals surface area (Å²) in [7, 11) is 0. The molecule has 1 aromatic heterocycles. The van der Waals surface area contributed by atoms with Gasteiger partial charge in [0.25, 0.3) is 0 Å². The average Bonchev–Trinajstić information content (AvgIpc) is 2.52. The number of rotatable bonds is 3. The number of aryl methyl sites for hydroxylation is 2. The molecule has 112 valence electrons. The number of hydrazine groups is 1. The Kier molecular flexibility index (Phi) is 4.11. The largest absolute Gasteiger partial charge is 0.308 e. The molecule has 0 aliphatic heterocycles. The molecule has 1 aliphatic carbocycles. The number of hydrogen-bond acceptors (Lipinski definition) is 3. The number of pyridine rings is 1. The summed E-state index contributed by atoms with van der Waals surface area (Å²) in [6, 6.07) is 6.61. The van der Waals surface area contributed by atoms with Crippen molar-refractivity contribution >= 4 is 16.7 Å². The summed E-state index contributed by atoms with van der Waals surface area (Å²) in [6.07, 6.45) is 7.91. The van der Waals surface area contributed by atoms with E-state index in [4.69, 9.17) is 10.8 Å². The molecule has 3 nitrogen and oxygen atoms in total. The first-order chi connectivity index (χ1) is 10.2. The minimum Gasteiger partial charge on any atom is -0.308 e. The third-order valence-electron chi connectivity index (χ3n) is 4.85. The van der Waals surface area contributed by atoms with Gasteiger partial charge in [-0.1, -0.05) is 44.2 Å². The van der Waals surface area contributed by atoms with Crippen molar-refractivity contribution in [1.82, 2.24) is 4.98 Å². The normalized spacial score (nSPS) is 16.3. The van der Waals surface area contributed by atoms with Crippen LogP contribution in [0.3, 0.4) is 0 Å². The SMILES string of the molecule is Cc1ccc(C)c2nc(NN)c(CC3CCCCC3)cc12. The first kappa shape index (κ1) is 14.3. The molecule has 0 radical (unpaired) electrons. The Hall–Kier alpha value is -1.61. The Morgan fingerprint density at radius 3 is 2.57 bits per heavy atom. The number of nitrogen functional groups attached to an aromatic ring is 1. The van der Waals surface area contributed by atoms with Gasteiger partial charge in [0.05, 0.1) is 5.52 Å². The number of nitrogens with one attached hydrogen (secondary N) is 1. The molecule has 3 heteroatoms. The average molecular weight is 283 g/mol. The second-order valence-electron chi connectivity index (χ2n) is 6.44. The molecule has 0 bridgehead atoms. The van der Waals surface area contributed by atoms with E-state index in [0.717, 1.165) is 23.7 Å². The van der Waals surface area contributed by atoms with Crippen LogP contribution in [0.4, 0.5) is 5.82 Å². The number of benzene rings is 1. The van der Waals surface area contributed by atoms with Gasteiger partial charge in [-0.15, -0.1) is 0 Å². The number of nitrogens with zero attached hydrogens (tertiary/aromatic N) is 1.